The zero-order chi connectivity index (χ0) is 21.7. The molecule has 154 valence electrons. The number of furan rings is 1. The fraction of sp³-hybridized carbons (Fsp3) is 0.0870. The van der Waals surface area contributed by atoms with Gasteiger partial charge in [0.15, 0.2) is 16.7 Å². The first kappa shape index (κ1) is 19.7. The predicted octanol–water partition coefficient (Wildman–Crippen LogP) is 5.74. The SMILES string of the molecule is Cc1csc(N2C(=O)C(O)=C(C(=O)c3cc4ccccc4o3)C2c2cccc(Br)c2)n1. The van der Waals surface area contributed by atoms with E-state index in [1.54, 1.807) is 18.2 Å². The number of para-hydroxylation sites is 1. The molecule has 1 aliphatic heterocycles. The third-order valence-corrected chi connectivity index (χ3v) is 6.53. The van der Waals surface area contributed by atoms with Gasteiger partial charge >= 0.3 is 0 Å². The van der Waals surface area contributed by atoms with Crippen molar-refractivity contribution in [2.45, 2.75) is 13.0 Å². The summed E-state index contributed by atoms with van der Waals surface area (Å²) in [5, 5.41) is 13.8. The van der Waals surface area contributed by atoms with Crippen molar-refractivity contribution in [3.63, 3.8) is 0 Å². The van der Waals surface area contributed by atoms with Crippen LogP contribution in [0, 0.1) is 6.92 Å². The molecule has 1 atom stereocenters. The maximum atomic E-state index is 13.5. The van der Waals surface area contributed by atoms with E-state index in [2.05, 4.69) is 20.9 Å². The molecule has 0 radical (unpaired) electrons. The van der Waals surface area contributed by atoms with E-state index in [1.807, 2.05) is 48.7 Å². The van der Waals surface area contributed by atoms with Gasteiger partial charge in [-0.2, -0.15) is 0 Å². The van der Waals surface area contributed by atoms with Crippen LogP contribution in [-0.2, 0) is 4.79 Å². The van der Waals surface area contributed by atoms with Crippen LogP contribution in [0.15, 0.2) is 80.2 Å². The van der Waals surface area contributed by atoms with Gasteiger partial charge in [0.1, 0.15) is 5.58 Å². The molecule has 8 heteroatoms. The van der Waals surface area contributed by atoms with E-state index in [-0.39, 0.29) is 11.3 Å². The molecular formula is C23H15BrN2O4S. The summed E-state index contributed by atoms with van der Waals surface area (Å²) in [5.74, 6) is -1.74. The van der Waals surface area contributed by atoms with Crippen LogP contribution in [0.2, 0.25) is 0 Å². The zero-order valence-corrected chi connectivity index (χ0v) is 18.6. The minimum absolute atomic E-state index is 0.0324. The number of benzene rings is 2. The molecule has 3 heterocycles. The number of fused-ring (bicyclic) bond motifs is 1. The Hall–Kier alpha value is -3.23. The highest BCUT2D eigenvalue weighted by molar-refractivity contribution is 9.10. The Morgan fingerprint density at radius 1 is 1.19 bits per heavy atom. The van der Waals surface area contributed by atoms with Crippen molar-refractivity contribution < 1.29 is 19.1 Å². The number of carbonyl (C=O) groups is 2. The number of amides is 1. The zero-order valence-electron chi connectivity index (χ0n) is 16.2. The number of aliphatic hydroxyl groups is 1. The number of anilines is 1. The fourth-order valence-corrected chi connectivity index (χ4v) is 4.95. The maximum Gasteiger partial charge on any atom is 0.296 e. The number of ketones is 1. The molecule has 0 spiro atoms. The topological polar surface area (TPSA) is 83.6 Å². The number of nitrogens with zero attached hydrogens (tertiary/aromatic N) is 2. The van der Waals surface area contributed by atoms with Gasteiger partial charge in [0.05, 0.1) is 17.3 Å². The number of carbonyl (C=O) groups excluding carboxylic acids is 2. The van der Waals surface area contributed by atoms with Gasteiger partial charge in [-0.15, -0.1) is 11.3 Å². The van der Waals surface area contributed by atoms with Gasteiger partial charge in [0, 0.05) is 15.2 Å². The number of aliphatic hydroxyl groups excluding tert-OH is 1. The van der Waals surface area contributed by atoms with Crippen LogP contribution < -0.4 is 4.90 Å². The predicted molar refractivity (Wildman–Crippen MR) is 121 cm³/mol. The fourth-order valence-electron chi connectivity index (χ4n) is 3.71. The molecular weight excluding hydrogens is 480 g/mol. The van der Waals surface area contributed by atoms with Gasteiger partial charge in [-0.05, 0) is 36.8 Å². The lowest BCUT2D eigenvalue weighted by Crippen LogP contribution is -2.31. The van der Waals surface area contributed by atoms with Crippen molar-refractivity contribution in [2.24, 2.45) is 0 Å². The Morgan fingerprint density at radius 3 is 2.71 bits per heavy atom. The average Bonchev–Trinajstić information content (AvgIpc) is 3.44. The Bertz CT molecular complexity index is 1350. The second-order valence-electron chi connectivity index (χ2n) is 7.14. The van der Waals surface area contributed by atoms with E-state index in [0.29, 0.717) is 16.3 Å². The summed E-state index contributed by atoms with van der Waals surface area (Å²) in [6.07, 6.45) is 0. The largest absolute Gasteiger partial charge is 0.503 e. The van der Waals surface area contributed by atoms with Crippen molar-refractivity contribution in [3.05, 3.63) is 92.8 Å². The lowest BCUT2D eigenvalue weighted by Gasteiger charge is -2.24. The highest BCUT2D eigenvalue weighted by Crippen LogP contribution is 2.43. The van der Waals surface area contributed by atoms with Crippen LogP contribution in [-0.4, -0.2) is 21.8 Å². The van der Waals surface area contributed by atoms with Crippen molar-refractivity contribution in [1.29, 1.82) is 0 Å². The van der Waals surface area contributed by atoms with Gasteiger partial charge in [-0.3, -0.25) is 14.5 Å². The number of thiazole rings is 1. The quantitative estimate of drug-likeness (QED) is 0.365. The van der Waals surface area contributed by atoms with Crippen molar-refractivity contribution in [3.8, 4) is 0 Å². The number of halogens is 1. The van der Waals surface area contributed by atoms with Crippen LogP contribution in [0.5, 0.6) is 0 Å². The van der Waals surface area contributed by atoms with Crippen LogP contribution >= 0.6 is 27.3 Å². The molecule has 4 aromatic rings. The Morgan fingerprint density at radius 2 is 2.00 bits per heavy atom. The van der Waals surface area contributed by atoms with E-state index >= 15 is 0 Å². The minimum atomic E-state index is -0.837. The summed E-state index contributed by atoms with van der Waals surface area (Å²) in [5.41, 5.74) is 1.94. The van der Waals surface area contributed by atoms with E-state index in [4.69, 9.17) is 4.42 Å². The van der Waals surface area contributed by atoms with E-state index < -0.39 is 23.5 Å². The van der Waals surface area contributed by atoms with Crippen molar-refractivity contribution in [1.82, 2.24) is 4.98 Å². The second-order valence-corrected chi connectivity index (χ2v) is 8.90. The maximum absolute atomic E-state index is 13.5. The molecule has 0 bridgehead atoms. The Labute approximate surface area is 189 Å². The molecule has 1 N–H and O–H groups in total. The van der Waals surface area contributed by atoms with E-state index in [0.717, 1.165) is 15.6 Å². The smallest absolute Gasteiger partial charge is 0.296 e. The van der Waals surface area contributed by atoms with Crippen LogP contribution in [0.1, 0.15) is 27.9 Å². The summed E-state index contributed by atoms with van der Waals surface area (Å²) in [4.78, 5) is 32.4. The third-order valence-electron chi connectivity index (χ3n) is 5.08. The first-order chi connectivity index (χ1) is 14.9. The summed E-state index contributed by atoms with van der Waals surface area (Å²) < 4.78 is 6.52. The Kier molecular flexibility index (Phi) is 4.75. The minimum Gasteiger partial charge on any atom is -0.503 e. The van der Waals surface area contributed by atoms with E-state index in [1.165, 1.54) is 16.2 Å². The summed E-state index contributed by atoms with van der Waals surface area (Å²) in [7, 11) is 0. The molecule has 2 aromatic carbocycles. The number of rotatable bonds is 4. The molecule has 6 nitrogen and oxygen atoms in total. The molecule has 2 aromatic heterocycles. The van der Waals surface area contributed by atoms with Gasteiger partial charge in [0.25, 0.3) is 5.91 Å². The molecule has 0 saturated heterocycles. The molecule has 1 aliphatic rings. The highest BCUT2D eigenvalue weighted by atomic mass is 79.9. The molecule has 0 saturated carbocycles. The number of Topliss-reactive ketones (excluding diaryl/α,β-unsaturated/α-hetero) is 1. The lowest BCUT2D eigenvalue weighted by molar-refractivity contribution is -0.117. The lowest BCUT2D eigenvalue weighted by atomic mass is 9.95. The summed E-state index contributed by atoms with van der Waals surface area (Å²) in [6.45, 7) is 1.82. The van der Waals surface area contributed by atoms with Crippen molar-refractivity contribution in [2.75, 3.05) is 4.90 Å². The number of hydrogen-bond acceptors (Lipinski definition) is 6. The van der Waals surface area contributed by atoms with Gasteiger partial charge in [-0.25, -0.2) is 4.98 Å². The molecule has 1 unspecified atom stereocenters. The monoisotopic (exact) mass is 494 g/mol. The average molecular weight is 495 g/mol. The number of hydrogen-bond donors (Lipinski definition) is 1. The normalized spacial score (nSPS) is 16.5. The van der Waals surface area contributed by atoms with Crippen molar-refractivity contribution >= 4 is 55.1 Å². The standard InChI is InChI=1S/C23H15BrN2O4S/c1-12-11-31-23(25-12)26-19(14-6-4-7-15(24)9-14)18(21(28)22(26)29)20(27)17-10-13-5-2-3-8-16(13)30-17/h2-11,19,28H,1H3. The molecule has 0 fully saturated rings. The first-order valence-electron chi connectivity index (χ1n) is 9.41. The van der Waals surface area contributed by atoms with E-state index in [9.17, 15) is 14.7 Å². The first-order valence-corrected chi connectivity index (χ1v) is 11.1. The Balaban J connectivity index is 1.67. The third kappa shape index (κ3) is 3.28. The number of aryl methyl sites for hydroxylation is 1. The molecule has 1 amide bonds. The van der Waals surface area contributed by atoms with Crippen LogP contribution in [0.25, 0.3) is 11.0 Å². The van der Waals surface area contributed by atoms with Gasteiger partial charge < -0.3 is 9.52 Å². The van der Waals surface area contributed by atoms with Crippen LogP contribution in [0.4, 0.5) is 5.13 Å². The molecule has 0 aliphatic carbocycles. The highest BCUT2D eigenvalue weighted by Gasteiger charge is 2.46. The second kappa shape index (κ2) is 7.47. The number of aromatic nitrogens is 1. The summed E-state index contributed by atoms with van der Waals surface area (Å²) >= 11 is 4.72. The molecule has 5 rings (SSSR count). The summed E-state index contributed by atoms with van der Waals surface area (Å²) in [6, 6.07) is 15.3. The van der Waals surface area contributed by atoms with Gasteiger partial charge in [-0.1, -0.05) is 46.3 Å². The molecule has 31 heavy (non-hydrogen) atoms. The van der Waals surface area contributed by atoms with Crippen LogP contribution in [0.3, 0.4) is 0 Å². The van der Waals surface area contributed by atoms with Gasteiger partial charge in [0.2, 0.25) is 5.78 Å².